The lowest BCUT2D eigenvalue weighted by Crippen LogP contribution is -2.38. The summed E-state index contributed by atoms with van der Waals surface area (Å²) in [7, 11) is 0. The Balaban J connectivity index is 1.46. The summed E-state index contributed by atoms with van der Waals surface area (Å²) in [5.74, 6) is 0.723. The first kappa shape index (κ1) is 18.1. The highest BCUT2D eigenvalue weighted by molar-refractivity contribution is 8.00. The molecule has 2 rings (SSSR count). The zero-order chi connectivity index (χ0) is 16.7. The van der Waals surface area contributed by atoms with E-state index >= 15 is 0 Å². The van der Waals surface area contributed by atoms with E-state index in [9.17, 15) is 19.5 Å². The summed E-state index contributed by atoms with van der Waals surface area (Å²) in [6.07, 6.45) is 3.23. The van der Waals surface area contributed by atoms with E-state index in [2.05, 4.69) is 10.6 Å². The molecule has 23 heavy (non-hydrogen) atoms. The van der Waals surface area contributed by atoms with Gasteiger partial charge in [-0.2, -0.15) is 0 Å². The van der Waals surface area contributed by atoms with Crippen molar-refractivity contribution in [3.63, 3.8) is 0 Å². The van der Waals surface area contributed by atoms with Gasteiger partial charge in [-0.3, -0.25) is 14.4 Å². The van der Waals surface area contributed by atoms with Crippen LogP contribution in [0.3, 0.4) is 0 Å². The maximum atomic E-state index is 11.6. The number of hydrogen-bond donors (Lipinski definition) is 3. The molecular weight excluding hydrogens is 318 g/mol. The van der Waals surface area contributed by atoms with Crippen LogP contribution in [0.2, 0.25) is 0 Å². The number of carbonyl (C=O) groups is 3. The van der Waals surface area contributed by atoms with Crippen molar-refractivity contribution in [3.05, 3.63) is 0 Å². The van der Waals surface area contributed by atoms with E-state index in [1.807, 2.05) is 0 Å². The van der Waals surface area contributed by atoms with Crippen molar-refractivity contribution < 1.29 is 19.5 Å². The van der Waals surface area contributed by atoms with Crippen LogP contribution in [0.4, 0.5) is 0 Å². The molecule has 0 spiro atoms. The molecule has 0 unspecified atom stereocenters. The molecular formula is C15H25N3O4S. The lowest BCUT2D eigenvalue weighted by molar-refractivity contribution is -0.134. The molecule has 8 heteroatoms. The summed E-state index contributed by atoms with van der Waals surface area (Å²) in [4.78, 5) is 36.3. The van der Waals surface area contributed by atoms with Gasteiger partial charge in [0.2, 0.25) is 11.8 Å². The van der Waals surface area contributed by atoms with Crippen molar-refractivity contribution in [2.75, 3.05) is 37.7 Å². The Hall–Kier alpha value is -1.28. The Morgan fingerprint density at radius 3 is 2.43 bits per heavy atom. The zero-order valence-corrected chi connectivity index (χ0v) is 14.1. The number of aliphatic hydroxyl groups is 1. The van der Waals surface area contributed by atoms with Crippen molar-refractivity contribution in [3.8, 4) is 0 Å². The fourth-order valence-corrected chi connectivity index (χ4v) is 3.25. The maximum Gasteiger partial charge on any atom is 0.251 e. The number of hydrogen-bond acceptors (Lipinski definition) is 5. The third kappa shape index (κ3) is 6.02. The van der Waals surface area contributed by atoms with Crippen LogP contribution in [-0.4, -0.2) is 71.5 Å². The molecule has 1 aliphatic carbocycles. The van der Waals surface area contributed by atoms with Gasteiger partial charge in [0.05, 0.1) is 11.5 Å². The zero-order valence-electron chi connectivity index (χ0n) is 13.3. The van der Waals surface area contributed by atoms with Gasteiger partial charge < -0.3 is 20.6 Å². The monoisotopic (exact) mass is 343 g/mol. The molecule has 1 saturated carbocycles. The predicted octanol–water partition coefficient (Wildman–Crippen LogP) is -0.655. The summed E-state index contributed by atoms with van der Waals surface area (Å²) >= 11 is 1.29. The van der Waals surface area contributed by atoms with E-state index in [4.69, 9.17) is 0 Å². The first-order valence-corrected chi connectivity index (χ1v) is 9.29. The van der Waals surface area contributed by atoms with Gasteiger partial charge in [-0.15, -0.1) is 11.8 Å². The number of carbonyl (C=O) groups excluding carboxylic acids is 3. The molecule has 0 aromatic carbocycles. The molecule has 0 aromatic rings. The first-order valence-electron chi connectivity index (χ1n) is 8.14. The van der Waals surface area contributed by atoms with Crippen molar-refractivity contribution in [2.24, 2.45) is 5.92 Å². The van der Waals surface area contributed by atoms with Gasteiger partial charge in [0.25, 0.3) is 5.91 Å². The van der Waals surface area contributed by atoms with Crippen molar-refractivity contribution in [2.45, 2.75) is 31.8 Å². The van der Waals surface area contributed by atoms with Crippen LogP contribution in [0.25, 0.3) is 0 Å². The second-order valence-electron chi connectivity index (χ2n) is 6.07. The van der Waals surface area contributed by atoms with Crippen LogP contribution >= 0.6 is 11.8 Å². The smallest absolute Gasteiger partial charge is 0.251 e. The maximum absolute atomic E-state index is 11.6. The first-order chi connectivity index (χ1) is 11.1. The topological polar surface area (TPSA) is 98.7 Å². The molecule has 1 aliphatic heterocycles. The molecule has 0 radical (unpaired) electrons. The third-order valence-corrected chi connectivity index (χ3v) is 5.18. The van der Waals surface area contributed by atoms with Crippen LogP contribution in [-0.2, 0) is 14.4 Å². The van der Waals surface area contributed by atoms with Gasteiger partial charge in [0.1, 0.15) is 6.10 Å². The Morgan fingerprint density at radius 1 is 1.17 bits per heavy atom. The molecule has 0 aromatic heterocycles. The van der Waals surface area contributed by atoms with Gasteiger partial charge >= 0.3 is 0 Å². The molecule has 0 bridgehead atoms. The van der Waals surface area contributed by atoms with Crippen LogP contribution < -0.4 is 10.6 Å². The number of nitrogens with zero attached hydrogens (tertiary/aromatic N) is 1. The number of aliphatic hydroxyl groups excluding tert-OH is 1. The second kappa shape index (κ2) is 9.12. The second-order valence-corrected chi connectivity index (χ2v) is 7.06. The summed E-state index contributed by atoms with van der Waals surface area (Å²) in [5.41, 5.74) is 0. The van der Waals surface area contributed by atoms with E-state index in [-0.39, 0.29) is 29.2 Å². The molecule has 3 N–H and O–H groups in total. The fourth-order valence-electron chi connectivity index (χ4n) is 2.57. The molecule has 7 nitrogen and oxygen atoms in total. The molecule has 1 saturated heterocycles. The SMILES string of the molecule is O=C(CSCC(=O)NCC1CCC1)NCCN1CC[C@@H](O)C1=O. The van der Waals surface area contributed by atoms with Gasteiger partial charge in [-0.25, -0.2) is 0 Å². The molecule has 2 aliphatic rings. The minimum absolute atomic E-state index is 0.0219. The van der Waals surface area contributed by atoms with E-state index in [1.54, 1.807) is 4.90 Å². The number of amides is 3. The lowest BCUT2D eigenvalue weighted by atomic mass is 9.85. The highest BCUT2D eigenvalue weighted by Crippen LogP contribution is 2.25. The van der Waals surface area contributed by atoms with Crippen LogP contribution in [0.1, 0.15) is 25.7 Å². The van der Waals surface area contributed by atoms with Crippen molar-refractivity contribution in [1.82, 2.24) is 15.5 Å². The Kier molecular flexibility index (Phi) is 7.16. The minimum atomic E-state index is -0.889. The van der Waals surface area contributed by atoms with E-state index < -0.39 is 6.10 Å². The number of likely N-dealkylation sites (tertiary alicyclic amines) is 1. The number of nitrogens with one attached hydrogen (secondary N) is 2. The largest absolute Gasteiger partial charge is 0.383 e. The van der Waals surface area contributed by atoms with Crippen molar-refractivity contribution >= 4 is 29.5 Å². The quantitative estimate of drug-likeness (QED) is 0.516. The molecule has 130 valence electrons. The van der Waals surface area contributed by atoms with E-state index in [1.165, 1.54) is 31.0 Å². The predicted molar refractivity (Wildman–Crippen MR) is 87.9 cm³/mol. The van der Waals surface area contributed by atoms with Crippen LogP contribution in [0.15, 0.2) is 0 Å². The number of rotatable bonds is 9. The van der Waals surface area contributed by atoms with E-state index in [0.29, 0.717) is 32.0 Å². The van der Waals surface area contributed by atoms with Gasteiger partial charge in [0.15, 0.2) is 0 Å². The van der Waals surface area contributed by atoms with E-state index in [0.717, 1.165) is 6.54 Å². The molecule has 2 fully saturated rings. The Labute approximate surface area is 140 Å². The molecule has 1 heterocycles. The lowest BCUT2D eigenvalue weighted by Gasteiger charge is -2.25. The molecule has 1 atom stereocenters. The summed E-state index contributed by atoms with van der Waals surface area (Å²) in [6, 6.07) is 0. The standard InChI is InChI=1S/C15H25N3O4S/c19-12-4-6-18(15(12)22)7-5-16-13(20)9-23-10-14(21)17-8-11-2-1-3-11/h11-12,19H,1-10H2,(H,16,20)(H,17,21)/t12-/m1/s1. The Bertz CT molecular complexity index is 442. The average Bonchev–Trinajstić information content (AvgIpc) is 2.78. The fraction of sp³-hybridized carbons (Fsp3) is 0.800. The third-order valence-electron chi connectivity index (χ3n) is 4.25. The normalized spacial score (nSPS) is 21.2. The summed E-state index contributed by atoms with van der Waals surface area (Å²) in [5, 5.41) is 14.9. The summed E-state index contributed by atoms with van der Waals surface area (Å²) < 4.78 is 0. The molecule has 3 amide bonds. The number of thioether (sulfide) groups is 1. The van der Waals surface area contributed by atoms with Gasteiger partial charge in [-0.05, 0) is 25.2 Å². The Morgan fingerprint density at radius 2 is 1.87 bits per heavy atom. The minimum Gasteiger partial charge on any atom is -0.383 e. The summed E-state index contributed by atoms with van der Waals surface area (Å²) in [6.45, 7) is 2.06. The van der Waals surface area contributed by atoms with Crippen LogP contribution in [0.5, 0.6) is 0 Å². The van der Waals surface area contributed by atoms with Crippen molar-refractivity contribution in [1.29, 1.82) is 0 Å². The average molecular weight is 343 g/mol. The van der Waals surface area contributed by atoms with Gasteiger partial charge in [0, 0.05) is 26.2 Å². The van der Waals surface area contributed by atoms with Crippen LogP contribution in [0, 0.1) is 5.92 Å². The highest BCUT2D eigenvalue weighted by Gasteiger charge is 2.29. The highest BCUT2D eigenvalue weighted by atomic mass is 32.2. The van der Waals surface area contributed by atoms with Gasteiger partial charge in [-0.1, -0.05) is 6.42 Å².